The topological polar surface area (TPSA) is 74.8 Å². The first-order valence-electron chi connectivity index (χ1n) is 13.8. The summed E-state index contributed by atoms with van der Waals surface area (Å²) in [6.45, 7) is 14.1. The van der Waals surface area contributed by atoms with Crippen LogP contribution >= 0.6 is 11.3 Å². The second-order valence-electron chi connectivity index (χ2n) is 10.5. The van der Waals surface area contributed by atoms with E-state index < -0.39 is 12.0 Å². The summed E-state index contributed by atoms with van der Waals surface area (Å²) < 4.78 is 15.6. The Bertz CT molecular complexity index is 1820. The quantitative estimate of drug-likeness (QED) is 0.283. The van der Waals surface area contributed by atoms with E-state index in [9.17, 15) is 9.59 Å². The number of benzene rings is 2. The highest BCUT2D eigenvalue weighted by atomic mass is 32.1. The van der Waals surface area contributed by atoms with E-state index in [0.717, 1.165) is 34.0 Å². The molecule has 4 aromatic rings. The third kappa shape index (κ3) is 5.44. The van der Waals surface area contributed by atoms with E-state index in [0.29, 0.717) is 27.2 Å². The molecule has 0 amide bonds. The molecule has 1 aliphatic heterocycles. The number of carbonyl (C=O) groups excluding carboxylic acids is 1. The molecule has 0 unspecified atom stereocenters. The van der Waals surface area contributed by atoms with Gasteiger partial charge in [-0.1, -0.05) is 41.2 Å². The van der Waals surface area contributed by atoms with Crippen molar-refractivity contribution in [1.82, 2.24) is 9.13 Å². The van der Waals surface area contributed by atoms with E-state index in [1.54, 1.807) is 11.5 Å². The van der Waals surface area contributed by atoms with Crippen LogP contribution in [0, 0.1) is 20.8 Å². The maximum Gasteiger partial charge on any atom is 0.338 e. The number of nitrogens with zero attached hydrogens (tertiary/aromatic N) is 3. The fraction of sp³-hybridized carbons (Fsp3) is 0.303. The largest absolute Gasteiger partial charge is 0.494 e. The Morgan fingerprint density at radius 1 is 1.05 bits per heavy atom. The Morgan fingerprint density at radius 3 is 2.37 bits per heavy atom. The van der Waals surface area contributed by atoms with Crippen molar-refractivity contribution in [3.63, 3.8) is 0 Å². The van der Waals surface area contributed by atoms with Gasteiger partial charge in [0.15, 0.2) is 4.80 Å². The van der Waals surface area contributed by atoms with E-state index >= 15 is 0 Å². The molecule has 1 atom stereocenters. The van der Waals surface area contributed by atoms with Crippen LogP contribution in [-0.4, -0.2) is 27.8 Å². The average molecular weight is 570 g/mol. The summed E-state index contributed by atoms with van der Waals surface area (Å²) in [4.78, 5) is 32.7. The zero-order valence-electron chi connectivity index (χ0n) is 24.5. The number of aromatic nitrogens is 2. The van der Waals surface area contributed by atoms with Crippen LogP contribution in [0.5, 0.6) is 5.75 Å². The van der Waals surface area contributed by atoms with Gasteiger partial charge in [0.1, 0.15) is 5.75 Å². The normalized spacial score (nSPS) is 15.2. The number of fused-ring (bicyclic) bond motifs is 1. The number of esters is 1. The molecule has 7 nitrogen and oxygen atoms in total. The Kier molecular flexibility index (Phi) is 7.87. The third-order valence-corrected chi connectivity index (χ3v) is 8.12. The lowest BCUT2D eigenvalue weighted by molar-refractivity contribution is -0.143. The monoisotopic (exact) mass is 569 g/mol. The van der Waals surface area contributed by atoms with Gasteiger partial charge in [0.25, 0.3) is 5.56 Å². The number of thiazole rings is 1. The summed E-state index contributed by atoms with van der Waals surface area (Å²) in [6.07, 6.45) is 1.62. The van der Waals surface area contributed by atoms with Gasteiger partial charge in [-0.3, -0.25) is 9.36 Å². The molecule has 2 aromatic carbocycles. The lowest BCUT2D eigenvalue weighted by atomic mass is 9.96. The lowest BCUT2D eigenvalue weighted by Crippen LogP contribution is -2.40. The van der Waals surface area contributed by atoms with Crippen molar-refractivity contribution in [2.45, 2.75) is 60.6 Å². The van der Waals surface area contributed by atoms with Crippen LogP contribution in [0.15, 0.2) is 75.7 Å². The summed E-state index contributed by atoms with van der Waals surface area (Å²) in [5.74, 6) is 0.246. The minimum Gasteiger partial charge on any atom is -0.494 e. The maximum absolute atomic E-state index is 14.1. The highest BCUT2D eigenvalue weighted by Gasteiger charge is 2.33. The van der Waals surface area contributed by atoms with E-state index in [4.69, 9.17) is 14.5 Å². The molecule has 41 heavy (non-hydrogen) atoms. The molecule has 0 saturated carbocycles. The lowest BCUT2D eigenvalue weighted by Gasteiger charge is -2.25. The van der Waals surface area contributed by atoms with Crippen LogP contribution in [0.4, 0.5) is 0 Å². The Morgan fingerprint density at radius 2 is 1.73 bits per heavy atom. The molecule has 3 heterocycles. The number of carbonyl (C=O) groups is 1. The zero-order chi connectivity index (χ0) is 29.4. The van der Waals surface area contributed by atoms with Gasteiger partial charge in [-0.25, -0.2) is 9.79 Å². The van der Waals surface area contributed by atoms with Gasteiger partial charge in [-0.2, -0.15) is 0 Å². The van der Waals surface area contributed by atoms with Crippen LogP contribution in [0.25, 0.3) is 11.8 Å². The molecule has 5 rings (SSSR count). The predicted molar refractivity (Wildman–Crippen MR) is 163 cm³/mol. The van der Waals surface area contributed by atoms with Crippen molar-refractivity contribution < 1.29 is 14.3 Å². The predicted octanol–water partition coefficient (Wildman–Crippen LogP) is 5.30. The fourth-order valence-electron chi connectivity index (χ4n) is 5.25. The highest BCUT2D eigenvalue weighted by molar-refractivity contribution is 7.07. The van der Waals surface area contributed by atoms with E-state index in [1.165, 1.54) is 16.9 Å². The zero-order valence-corrected chi connectivity index (χ0v) is 25.3. The number of aryl methyl sites for hydroxylation is 2. The molecule has 0 saturated heterocycles. The standard InChI is InChI=1S/C33H35N3O4S/c1-8-39-27-15-11-24(12-16-27)30-29(32(38)40-19(2)3)22(6)34-33-36(30)31(37)28(41-33)18-25-17-21(5)35(23(25)7)26-13-9-20(4)10-14-26/h9-19,30H,8H2,1-7H3/b28-18+/t30-/m0/s1. The summed E-state index contributed by atoms with van der Waals surface area (Å²) >= 11 is 1.33. The van der Waals surface area contributed by atoms with Crippen molar-refractivity contribution >= 4 is 23.4 Å². The van der Waals surface area contributed by atoms with Crippen molar-refractivity contribution in [2.24, 2.45) is 4.99 Å². The molecule has 0 spiro atoms. The van der Waals surface area contributed by atoms with Gasteiger partial charge in [0, 0.05) is 17.1 Å². The second kappa shape index (κ2) is 11.4. The van der Waals surface area contributed by atoms with E-state index in [-0.39, 0.29) is 11.7 Å². The third-order valence-electron chi connectivity index (χ3n) is 7.14. The summed E-state index contributed by atoms with van der Waals surface area (Å²) in [7, 11) is 0. The maximum atomic E-state index is 14.1. The van der Waals surface area contributed by atoms with Crippen LogP contribution < -0.4 is 19.6 Å². The van der Waals surface area contributed by atoms with E-state index in [1.807, 2.05) is 51.1 Å². The molecule has 0 fully saturated rings. The SMILES string of the molecule is CCOc1ccc([C@H]2C(C(=O)OC(C)C)=C(C)N=c3s/c(=C/c4cc(C)n(-c5ccc(C)cc5)c4C)c(=O)n32)cc1. The molecule has 0 aliphatic carbocycles. The minimum atomic E-state index is -0.671. The van der Waals surface area contributed by atoms with Gasteiger partial charge in [0.05, 0.1) is 34.6 Å². The van der Waals surface area contributed by atoms with Crippen molar-refractivity contribution in [1.29, 1.82) is 0 Å². The van der Waals surface area contributed by atoms with Gasteiger partial charge in [-0.15, -0.1) is 0 Å². The molecule has 1 aliphatic rings. The molecule has 0 N–H and O–H groups in total. The van der Waals surface area contributed by atoms with Crippen molar-refractivity contribution in [3.8, 4) is 11.4 Å². The Labute approximate surface area is 243 Å². The number of ether oxygens (including phenoxy) is 2. The average Bonchev–Trinajstić information content (AvgIpc) is 3.38. The molecular weight excluding hydrogens is 534 g/mol. The van der Waals surface area contributed by atoms with Gasteiger partial charge >= 0.3 is 5.97 Å². The van der Waals surface area contributed by atoms with Crippen molar-refractivity contribution in [2.75, 3.05) is 6.61 Å². The van der Waals surface area contributed by atoms with Crippen molar-refractivity contribution in [3.05, 3.63) is 114 Å². The Balaban J connectivity index is 1.66. The van der Waals surface area contributed by atoms with Crippen LogP contribution in [0.2, 0.25) is 0 Å². The first kappa shape index (κ1) is 28.4. The van der Waals surface area contributed by atoms with Crippen LogP contribution in [-0.2, 0) is 9.53 Å². The number of rotatable bonds is 7. The van der Waals surface area contributed by atoms with Gasteiger partial charge < -0.3 is 14.0 Å². The first-order valence-corrected chi connectivity index (χ1v) is 14.6. The molecular formula is C33H35N3O4S. The summed E-state index contributed by atoms with van der Waals surface area (Å²) in [5, 5.41) is 0. The minimum absolute atomic E-state index is 0.199. The van der Waals surface area contributed by atoms with Crippen LogP contribution in [0.1, 0.15) is 61.8 Å². The second-order valence-corrected chi connectivity index (χ2v) is 11.5. The smallest absolute Gasteiger partial charge is 0.338 e. The van der Waals surface area contributed by atoms with Crippen LogP contribution in [0.3, 0.4) is 0 Å². The summed E-state index contributed by atoms with van der Waals surface area (Å²) in [5.41, 5.74) is 6.83. The fourth-order valence-corrected chi connectivity index (χ4v) is 6.29. The van der Waals surface area contributed by atoms with Gasteiger partial charge in [-0.05, 0) is 96.0 Å². The first-order chi connectivity index (χ1) is 19.6. The highest BCUT2D eigenvalue weighted by Crippen LogP contribution is 2.32. The number of allylic oxidation sites excluding steroid dienone is 1. The molecule has 0 bridgehead atoms. The summed E-state index contributed by atoms with van der Waals surface area (Å²) in [6, 6.07) is 17.3. The number of hydrogen-bond donors (Lipinski definition) is 0. The number of hydrogen-bond acceptors (Lipinski definition) is 6. The molecule has 2 aromatic heterocycles. The molecule has 8 heteroatoms. The van der Waals surface area contributed by atoms with Gasteiger partial charge in [0.2, 0.25) is 0 Å². The molecule has 212 valence electrons. The Hall–Kier alpha value is -4.17. The molecule has 0 radical (unpaired) electrons. The van der Waals surface area contributed by atoms with E-state index in [2.05, 4.69) is 55.7 Å².